The second kappa shape index (κ2) is 5.40. The van der Waals surface area contributed by atoms with Gasteiger partial charge in [0.15, 0.2) is 0 Å². The van der Waals surface area contributed by atoms with E-state index in [1.165, 1.54) is 0 Å². The van der Waals surface area contributed by atoms with Gasteiger partial charge in [0.25, 0.3) is 0 Å². The Morgan fingerprint density at radius 3 is 2.84 bits per heavy atom. The molecule has 19 heavy (non-hydrogen) atoms. The Labute approximate surface area is 113 Å². The molecule has 2 aromatic rings. The van der Waals surface area contributed by atoms with E-state index in [2.05, 4.69) is 11.1 Å². The van der Waals surface area contributed by atoms with Crippen LogP contribution in [-0.4, -0.2) is 12.0 Å². The summed E-state index contributed by atoms with van der Waals surface area (Å²) in [6, 6.07) is 11.6. The molecule has 0 unspecified atom stereocenters. The van der Waals surface area contributed by atoms with Crippen LogP contribution >= 0.6 is 0 Å². The van der Waals surface area contributed by atoms with Crippen molar-refractivity contribution >= 4 is 11.5 Å². The SMILES string of the molecule is Cc1cc(N)cnc1N(C)Cc1cccc(C#N)c1. The minimum absolute atomic E-state index is 0.668. The molecule has 0 fully saturated rings. The Kier molecular flexibility index (Phi) is 3.67. The first kappa shape index (κ1) is 12.9. The summed E-state index contributed by atoms with van der Waals surface area (Å²) in [5.41, 5.74) is 9.17. The number of nitrogens with two attached hydrogens (primary N) is 1. The number of hydrogen-bond acceptors (Lipinski definition) is 4. The number of pyridine rings is 1. The van der Waals surface area contributed by atoms with E-state index in [0.29, 0.717) is 17.8 Å². The second-order valence-corrected chi connectivity index (χ2v) is 4.58. The number of anilines is 2. The maximum Gasteiger partial charge on any atom is 0.131 e. The molecule has 96 valence electrons. The average Bonchev–Trinajstić information content (AvgIpc) is 2.38. The van der Waals surface area contributed by atoms with Gasteiger partial charge in [-0.3, -0.25) is 0 Å². The Hall–Kier alpha value is -2.54. The van der Waals surface area contributed by atoms with E-state index in [1.807, 2.05) is 43.1 Å². The van der Waals surface area contributed by atoms with Crippen molar-refractivity contribution in [3.05, 3.63) is 53.2 Å². The molecule has 0 aliphatic heterocycles. The molecule has 0 saturated carbocycles. The quantitative estimate of drug-likeness (QED) is 0.911. The van der Waals surface area contributed by atoms with Crippen LogP contribution in [0.15, 0.2) is 36.5 Å². The molecule has 0 aliphatic rings. The predicted octanol–water partition coefficient (Wildman–Crippen LogP) is 2.48. The maximum absolute atomic E-state index is 8.90. The average molecular weight is 252 g/mol. The highest BCUT2D eigenvalue weighted by molar-refractivity contribution is 5.52. The number of nitrogen functional groups attached to an aromatic ring is 1. The van der Waals surface area contributed by atoms with Gasteiger partial charge < -0.3 is 10.6 Å². The highest BCUT2D eigenvalue weighted by Crippen LogP contribution is 2.19. The van der Waals surface area contributed by atoms with Crippen LogP contribution in [0.5, 0.6) is 0 Å². The number of benzene rings is 1. The second-order valence-electron chi connectivity index (χ2n) is 4.58. The minimum Gasteiger partial charge on any atom is -0.397 e. The van der Waals surface area contributed by atoms with Gasteiger partial charge in [0, 0.05) is 13.6 Å². The van der Waals surface area contributed by atoms with Gasteiger partial charge in [0.05, 0.1) is 23.5 Å². The van der Waals surface area contributed by atoms with Crippen molar-refractivity contribution in [3.63, 3.8) is 0 Å². The number of aryl methyl sites for hydroxylation is 1. The van der Waals surface area contributed by atoms with Crippen molar-refractivity contribution < 1.29 is 0 Å². The van der Waals surface area contributed by atoms with Crippen LogP contribution in [0.4, 0.5) is 11.5 Å². The van der Waals surface area contributed by atoms with Crippen LogP contribution in [0, 0.1) is 18.3 Å². The van der Waals surface area contributed by atoms with Gasteiger partial charge in [-0.2, -0.15) is 5.26 Å². The van der Waals surface area contributed by atoms with Crippen molar-refractivity contribution in [1.29, 1.82) is 5.26 Å². The molecule has 4 heteroatoms. The molecule has 1 aromatic heterocycles. The Morgan fingerprint density at radius 1 is 1.37 bits per heavy atom. The number of aromatic nitrogens is 1. The summed E-state index contributed by atoms with van der Waals surface area (Å²) < 4.78 is 0. The van der Waals surface area contributed by atoms with Crippen LogP contribution in [0.25, 0.3) is 0 Å². The maximum atomic E-state index is 8.90. The zero-order chi connectivity index (χ0) is 13.8. The molecular weight excluding hydrogens is 236 g/mol. The van der Waals surface area contributed by atoms with Crippen LogP contribution in [0.2, 0.25) is 0 Å². The van der Waals surface area contributed by atoms with E-state index in [-0.39, 0.29) is 0 Å². The predicted molar refractivity (Wildman–Crippen MR) is 76.7 cm³/mol. The molecular formula is C15H16N4. The van der Waals surface area contributed by atoms with Crippen LogP contribution < -0.4 is 10.6 Å². The molecule has 2 rings (SSSR count). The zero-order valence-corrected chi connectivity index (χ0v) is 11.1. The highest BCUT2D eigenvalue weighted by Gasteiger charge is 2.07. The fourth-order valence-electron chi connectivity index (χ4n) is 2.08. The van der Waals surface area contributed by atoms with E-state index in [4.69, 9.17) is 11.0 Å². The van der Waals surface area contributed by atoms with Crippen LogP contribution in [-0.2, 0) is 6.54 Å². The summed E-state index contributed by atoms with van der Waals surface area (Å²) in [6.07, 6.45) is 1.66. The Morgan fingerprint density at radius 2 is 2.16 bits per heavy atom. The van der Waals surface area contributed by atoms with Crippen molar-refractivity contribution in [2.24, 2.45) is 0 Å². The van der Waals surface area contributed by atoms with Gasteiger partial charge in [-0.1, -0.05) is 12.1 Å². The molecule has 0 atom stereocenters. The lowest BCUT2D eigenvalue weighted by atomic mass is 10.1. The van der Waals surface area contributed by atoms with E-state index in [0.717, 1.165) is 16.9 Å². The van der Waals surface area contributed by atoms with Crippen molar-refractivity contribution in [1.82, 2.24) is 4.98 Å². The van der Waals surface area contributed by atoms with E-state index < -0.39 is 0 Å². The van der Waals surface area contributed by atoms with Crippen molar-refractivity contribution in [2.75, 3.05) is 17.7 Å². The van der Waals surface area contributed by atoms with Crippen molar-refractivity contribution in [3.8, 4) is 6.07 Å². The minimum atomic E-state index is 0.668. The molecule has 0 bridgehead atoms. The third kappa shape index (κ3) is 3.02. The number of hydrogen-bond donors (Lipinski definition) is 1. The first-order valence-electron chi connectivity index (χ1n) is 6.02. The number of nitrogens with zero attached hydrogens (tertiary/aromatic N) is 3. The standard InChI is InChI=1S/C15H16N4/c1-11-6-14(17)9-18-15(11)19(2)10-13-5-3-4-12(7-13)8-16/h3-7,9H,10,17H2,1-2H3. The fourth-order valence-corrected chi connectivity index (χ4v) is 2.08. The van der Waals surface area contributed by atoms with E-state index in [9.17, 15) is 0 Å². The monoisotopic (exact) mass is 252 g/mol. The van der Waals surface area contributed by atoms with Gasteiger partial charge in [-0.15, -0.1) is 0 Å². The fraction of sp³-hybridized carbons (Fsp3) is 0.200. The molecule has 4 nitrogen and oxygen atoms in total. The summed E-state index contributed by atoms with van der Waals surface area (Å²) in [7, 11) is 1.98. The van der Waals surface area contributed by atoms with Crippen LogP contribution in [0.3, 0.4) is 0 Å². The first-order valence-corrected chi connectivity index (χ1v) is 6.02. The van der Waals surface area contributed by atoms with Gasteiger partial charge in [-0.05, 0) is 36.2 Å². The lowest BCUT2D eigenvalue weighted by molar-refractivity contribution is 0.891. The van der Waals surface area contributed by atoms with E-state index >= 15 is 0 Å². The topological polar surface area (TPSA) is 65.9 Å². The molecule has 0 amide bonds. The summed E-state index contributed by atoms with van der Waals surface area (Å²) in [4.78, 5) is 6.40. The third-order valence-corrected chi connectivity index (χ3v) is 2.91. The molecule has 0 radical (unpaired) electrons. The largest absolute Gasteiger partial charge is 0.397 e. The highest BCUT2D eigenvalue weighted by atomic mass is 15.2. The summed E-state index contributed by atoms with van der Waals surface area (Å²) in [5.74, 6) is 0.900. The van der Waals surface area contributed by atoms with Gasteiger partial charge in [0.1, 0.15) is 5.82 Å². The molecule has 0 aliphatic carbocycles. The normalized spacial score (nSPS) is 9.95. The lowest BCUT2D eigenvalue weighted by Gasteiger charge is -2.20. The zero-order valence-electron chi connectivity index (χ0n) is 11.1. The van der Waals surface area contributed by atoms with Gasteiger partial charge in [-0.25, -0.2) is 4.98 Å². The first-order chi connectivity index (χ1) is 9.10. The smallest absolute Gasteiger partial charge is 0.131 e. The molecule has 0 spiro atoms. The molecule has 0 saturated heterocycles. The van der Waals surface area contributed by atoms with E-state index in [1.54, 1.807) is 12.3 Å². The van der Waals surface area contributed by atoms with Crippen molar-refractivity contribution in [2.45, 2.75) is 13.5 Å². The summed E-state index contributed by atoms with van der Waals surface area (Å²) >= 11 is 0. The summed E-state index contributed by atoms with van der Waals surface area (Å²) in [5, 5.41) is 8.90. The summed E-state index contributed by atoms with van der Waals surface area (Å²) in [6.45, 7) is 2.69. The number of nitriles is 1. The molecule has 1 aromatic carbocycles. The molecule has 2 N–H and O–H groups in total. The molecule has 1 heterocycles. The van der Waals surface area contributed by atoms with Crippen LogP contribution in [0.1, 0.15) is 16.7 Å². The third-order valence-electron chi connectivity index (χ3n) is 2.91. The van der Waals surface area contributed by atoms with Gasteiger partial charge in [0.2, 0.25) is 0 Å². The lowest BCUT2D eigenvalue weighted by Crippen LogP contribution is -2.19. The number of rotatable bonds is 3. The van der Waals surface area contributed by atoms with Gasteiger partial charge >= 0.3 is 0 Å². The Bertz CT molecular complexity index is 628. The Balaban J connectivity index is 2.20.